The van der Waals surface area contributed by atoms with E-state index in [0.717, 1.165) is 30.8 Å². The summed E-state index contributed by atoms with van der Waals surface area (Å²) in [6.45, 7) is 2.60. The van der Waals surface area contributed by atoms with Gasteiger partial charge in [0.2, 0.25) is 0 Å². The fourth-order valence-electron chi connectivity index (χ4n) is 3.00. The van der Waals surface area contributed by atoms with Gasteiger partial charge in [0.25, 0.3) is 5.91 Å². The number of likely N-dealkylation sites (tertiary alicyclic amines) is 1. The molecule has 1 aliphatic heterocycles. The van der Waals surface area contributed by atoms with E-state index in [9.17, 15) is 4.79 Å². The topological polar surface area (TPSA) is 76.8 Å². The largest absolute Gasteiger partial charge is 0.329 e. The van der Waals surface area contributed by atoms with Crippen molar-refractivity contribution in [2.75, 3.05) is 6.54 Å². The van der Waals surface area contributed by atoms with Crippen LogP contribution in [0.1, 0.15) is 39.9 Å². The first-order valence-corrected chi connectivity index (χ1v) is 8.63. The van der Waals surface area contributed by atoms with Gasteiger partial charge in [0.15, 0.2) is 5.82 Å². The molecule has 3 aromatic rings. The molecule has 24 heavy (non-hydrogen) atoms. The predicted octanol–water partition coefficient (Wildman–Crippen LogP) is 2.40. The Kier molecular flexibility index (Phi) is 3.81. The van der Waals surface area contributed by atoms with Crippen LogP contribution in [0.4, 0.5) is 0 Å². The third-order valence-electron chi connectivity index (χ3n) is 4.20. The molecule has 0 unspecified atom stereocenters. The second-order valence-corrected chi connectivity index (χ2v) is 6.55. The molecule has 1 fully saturated rings. The molecule has 4 heterocycles. The van der Waals surface area contributed by atoms with Gasteiger partial charge in [-0.05, 0) is 19.8 Å². The lowest BCUT2D eigenvalue weighted by molar-refractivity contribution is 0.0736. The Balaban J connectivity index is 1.65. The Labute approximate surface area is 143 Å². The van der Waals surface area contributed by atoms with E-state index in [1.54, 1.807) is 30.4 Å². The van der Waals surface area contributed by atoms with E-state index in [4.69, 9.17) is 0 Å². The summed E-state index contributed by atoms with van der Waals surface area (Å²) in [5.41, 5.74) is 3.32. The molecular formula is C16H16N6OS. The smallest absolute Gasteiger partial charge is 0.266 e. The first kappa shape index (κ1) is 14.9. The summed E-state index contributed by atoms with van der Waals surface area (Å²) in [6.07, 6.45) is 10.5. The molecule has 0 spiro atoms. The number of aryl methyl sites for hydroxylation is 1. The van der Waals surface area contributed by atoms with Crippen LogP contribution in [0, 0.1) is 6.92 Å². The molecule has 0 N–H and O–H groups in total. The van der Waals surface area contributed by atoms with Crippen LogP contribution in [0.25, 0.3) is 5.82 Å². The molecule has 122 valence electrons. The predicted molar refractivity (Wildman–Crippen MR) is 89.0 cm³/mol. The fourth-order valence-corrected chi connectivity index (χ4v) is 3.76. The molecule has 1 atom stereocenters. The number of hydrogen-bond donors (Lipinski definition) is 0. The van der Waals surface area contributed by atoms with Crippen molar-refractivity contribution in [1.82, 2.24) is 29.4 Å². The van der Waals surface area contributed by atoms with Crippen LogP contribution < -0.4 is 0 Å². The summed E-state index contributed by atoms with van der Waals surface area (Å²) in [5, 5.41) is 0. The monoisotopic (exact) mass is 340 g/mol. The van der Waals surface area contributed by atoms with Crippen LogP contribution in [0.15, 0.2) is 36.6 Å². The lowest BCUT2D eigenvalue weighted by Gasteiger charge is -2.24. The zero-order valence-corrected chi connectivity index (χ0v) is 14.0. The zero-order chi connectivity index (χ0) is 16.5. The number of amides is 1. The summed E-state index contributed by atoms with van der Waals surface area (Å²) in [6, 6.07) is -0.0463. The lowest BCUT2D eigenvalue weighted by atomic mass is 10.1. The number of imidazole rings is 1. The van der Waals surface area contributed by atoms with Crippen LogP contribution in [-0.4, -0.2) is 41.9 Å². The molecule has 1 amide bonds. The first-order valence-electron chi connectivity index (χ1n) is 7.75. The summed E-state index contributed by atoms with van der Waals surface area (Å²) in [7, 11) is 0. The van der Waals surface area contributed by atoms with Crippen molar-refractivity contribution in [2.24, 2.45) is 0 Å². The average molecular weight is 340 g/mol. The van der Waals surface area contributed by atoms with E-state index in [1.807, 2.05) is 22.6 Å². The Morgan fingerprint density at radius 1 is 1.33 bits per heavy atom. The highest BCUT2D eigenvalue weighted by atomic mass is 32.1. The van der Waals surface area contributed by atoms with Crippen LogP contribution in [0.2, 0.25) is 0 Å². The lowest BCUT2D eigenvalue weighted by Crippen LogP contribution is -2.31. The summed E-state index contributed by atoms with van der Waals surface area (Å²) < 4.78 is 1.81. The molecule has 0 saturated carbocycles. The quantitative estimate of drug-likeness (QED) is 0.732. The Morgan fingerprint density at radius 2 is 2.25 bits per heavy atom. The van der Waals surface area contributed by atoms with Gasteiger partial charge in [-0.3, -0.25) is 14.3 Å². The molecule has 7 nitrogen and oxygen atoms in total. The molecular weight excluding hydrogens is 324 g/mol. The van der Waals surface area contributed by atoms with Crippen molar-refractivity contribution in [1.29, 1.82) is 0 Å². The second kappa shape index (κ2) is 6.12. The van der Waals surface area contributed by atoms with Crippen molar-refractivity contribution in [3.05, 3.63) is 52.9 Å². The van der Waals surface area contributed by atoms with Crippen LogP contribution in [-0.2, 0) is 0 Å². The van der Waals surface area contributed by atoms with Gasteiger partial charge in [-0.15, -0.1) is 11.3 Å². The molecule has 8 heteroatoms. The van der Waals surface area contributed by atoms with Crippen molar-refractivity contribution in [2.45, 2.75) is 25.8 Å². The highest BCUT2D eigenvalue weighted by molar-refractivity contribution is 7.11. The number of carbonyl (C=O) groups is 1. The van der Waals surface area contributed by atoms with Gasteiger partial charge < -0.3 is 4.90 Å². The standard InChI is InChI=1S/C16H16N6OS/c1-11-15(24-10-19-11)16(23)22-5-2-3-13(22)12-7-18-8-14(20-12)21-6-4-17-9-21/h4,6-10,13H,2-3,5H2,1H3/t13-/m0/s1. The van der Waals surface area contributed by atoms with E-state index in [-0.39, 0.29) is 11.9 Å². The highest BCUT2D eigenvalue weighted by Crippen LogP contribution is 2.33. The third-order valence-corrected chi connectivity index (χ3v) is 5.12. The minimum absolute atomic E-state index is 0.0346. The van der Waals surface area contributed by atoms with Gasteiger partial charge >= 0.3 is 0 Å². The summed E-state index contributed by atoms with van der Waals surface area (Å²) >= 11 is 1.39. The molecule has 0 bridgehead atoms. The van der Waals surface area contributed by atoms with Crippen LogP contribution in [0.3, 0.4) is 0 Å². The van der Waals surface area contributed by atoms with Crippen molar-refractivity contribution < 1.29 is 4.79 Å². The third kappa shape index (κ3) is 2.58. The van der Waals surface area contributed by atoms with Crippen molar-refractivity contribution >= 4 is 17.2 Å². The molecule has 0 radical (unpaired) electrons. The normalized spacial score (nSPS) is 17.4. The minimum Gasteiger partial charge on any atom is -0.329 e. The molecule has 4 rings (SSSR count). The van der Waals surface area contributed by atoms with E-state index in [0.29, 0.717) is 10.7 Å². The summed E-state index contributed by atoms with van der Waals surface area (Å²) in [4.78, 5) is 32.7. The Hall–Kier alpha value is -2.61. The number of rotatable bonds is 3. The number of hydrogen-bond acceptors (Lipinski definition) is 6. The maximum absolute atomic E-state index is 12.9. The molecule has 3 aromatic heterocycles. The number of thiazole rings is 1. The second-order valence-electron chi connectivity index (χ2n) is 5.70. The number of carbonyl (C=O) groups excluding carboxylic acids is 1. The van der Waals surface area contributed by atoms with Gasteiger partial charge in [-0.25, -0.2) is 15.0 Å². The summed E-state index contributed by atoms with van der Waals surface area (Å²) in [5.74, 6) is 0.741. The number of aromatic nitrogens is 5. The maximum Gasteiger partial charge on any atom is 0.266 e. The minimum atomic E-state index is -0.0463. The average Bonchev–Trinajstić information content (AvgIpc) is 3.35. The Morgan fingerprint density at radius 3 is 3.00 bits per heavy atom. The van der Waals surface area contributed by atoms with Gasteiger partial charge in [0.05, 0.1) is 35.3 Å². The highest BCUT2D eigenvalue weighted by Gasteiger charge is 2.33. The fraction of sp³-hybridized carbons (Fsp3) is 0.312. The van der Waals surface area contributed by atoms with Crippen LogP contribution >= 0.6 is 11.3 Å². The van der Waals surface area contributed by atoms with E-state index < -0.39 is 0 Å². The molecule has 1 saturated heterocycles. The van der Waals surface area contributed by atoms with Gasteiger partial charge in [0.1, 0.15) is 11.2 Å². The van der Waals surface area contributed by atoms with Crippen molar-refractivity contribution in [3.8, 4) is 5.82 Å². The van der Waals surface area contributed by atoms with E-state index >= 15 is 0 Å². The molecule has 0 aromatic carbocycles. The van der Waals surface area contributed by atoms with Crippen molar-refractivity contribution in [3.63, 3.8) is 0 Å². The van der Waals surface area contributed by atoms with Gasteiger partial charge in [-0.2, -0.15) is 0 Å². The SMILES string of the molecule is Cc1ncsc1C(=O)N1CCC[C@H]1c1cncc(-n2ccnc2)n1. The van der Waals surface area contributed by atoms with Gasteiger partial charge in [0, 0.05) is 18.9 Å². The zero-order valence-electron chi connectivity index (χ0n) is 13.2. The number of nitrogens with zero attached hydrogens (tertiary/aromatic N) is 6. The molecule has 1 aliphatic rings. The molecule has 0 aliphatic carbocycles. The van der Waals surface area contributed by atoms with E-state index in [2.05, 4.69) is 19.9 Å². The van der Waals surface area contributed by atoms with E-state index in [1.165, 1.54) is 11.3 Å². The maximum atomic E-state index is 12.9. The first-order chi connectivity index (χ1) is 11.7. The Bertz CT molecular complexity index is 859. The van der Waals surface area contributed by atoms with Gasteiger partial charge in [-0.1, -0.05) is 0 Å². The van der Waals surface area contributed by atoms with Crippen LogP contribution in [0.5, 0.6) is 0 Å².